The molecule has 2 aromatic rings. The predicted octanol–water partition coefficient (Wildman–Crippen LogP) is 2.52. The van der Waals surface area contributed by atoms with Gasteiger partial charge in [0.2, 0.25) is 0 Å². The molecule has 0 aromatic heterocycles. The first-order valence-corrected chi connectivity index (χ1v) is 5.93. The molecule has 2 rings (SSSR count). The highest BCUT2D eigenvalue weighted by atomic mass is 19.1. The zero-order chi connectivity index (χ0) is 13.5. The number of amides is 1. The summed E-state index contributed by atoms with van der Waals surface area (Å²) < 4.78 is 18.0. The van der Waals surface area contributed by atoms with E-state index in [0.717, 1.165) is 5.56 Å². The van der Waals surface area contributed by atoms with E-state index >= 15 is 0 Å². The van der Waals surface area contributed by atoms with Crippen molar-refractivity contribution in [1.82, 2.24) is 5.32 Å². The van der Waals surface area contributed by atoms with Gasteiger partial charge in [0.15, 0.2) is 6.61 Å². The summed E-state index contributed by atoms with van der Waals surface area (Å²) in [7, 11) is 0. The summed E-state index contributed by atoms with van der Waals surface area (Å²) in [6.07, 6.45) is 0. The number of carbonyl (C=O) groups is 1. The Hall–Kier alpha value is -2.36. The van der Waals surface area contributed by atoms with Gasteiger partial charge in [0, 0.05) is 6.54 Å². The molecule has 0 heterocycles. The SMILES string of the molecule is O=C(COc1ccccc1)NCc1ccc(F)cc1. The Kier molecular flexibility index (Phi) is 4.50. The number of ether oxygens (including phenoxy) is 1. The predicted molar refractivity (Wildman–Crippen MR) is 70.2 cm³/mol. The van der Waals surface area contributed by atoms with Crippen LogP contribution in [0.1, 0.15) is 5.56 Å². The quantitative estimate of drug-likeness (QED) is 0.896. The second kappa shape index (κ2) is 6.54. The molecule has 0 aliphatic rings. The summed E-state index contributed by atoms with van der Waals surface area (Å²) in [5.41, 5.74) is 0.842. The van der Waals surface area contributed by atoms with Crippen molar-refractivity contribution in [3.8, 4) is 5.75 Å². The Bertz CT molecular complexity index is 526. The molecular weight excluding hydrogens is 245 g/mol. The maximum absolute atomic E-state index is 12.7. The first-order valence-electron chi connectivity index (χ1n) is 5.93. The van der Waals surface area contributed by atoms with Crippen LogP contribution < -0.4 is 10.1 Å². The van der Waals surface area contributed by atoms with Crippen LogP contribution in [-0.4, -0.2) is 12.5 Å². The molecule has 3 nitrogen and oxygen atoms in total. The zero-order valence-corrected chi connectivity index (χ0v) is 10.3. The van der Waals surface area contributed by atoms with E-state index in [1.54, 1.807) is 24.3 Å². The molecule has 0 saturated carbocycles. The molecule has 2 aromatic carbocycles. The van der Waals surface area contributed by atoms with Gasteiger partial charge in [0.25, 0.3) is 5.91 Å². The van der Waals surface area contributed by atoms with Crippen molar-refractivity contribution in [1.29, 1.82) is 0 Å². The summed E-state index contributed by atoms with van der Waals surface area (Å²) in [6.45, 7) is 0.322. The number of hydrogen-bond acceptors (Lipinski definition) is 2. The molecule has 0 aliphatic carbocycles. The minimum Gasteiger partial charge on any atom is -0.484 e. The van der Waals surface area contributed by atoms with Crippen molar-refractivity contribution >= 4 is 5.91 Å². The van der Waals surface area contributed by atoms with E-state index in [4.69, 9.17) is 4.74 Å². The Morgan fingerprint density at radius 1 is 1.05 bits per heavy atom. The normalized spacial score (nSPS) is 9.95. The van der Waals surface area contributed by atoms with Gasteiger partial charge in [-0.25, -0.2) is 4.39 Å². The van der Waals surface area contributed by atoms with Crippen molar-refractivity contribution < 1.29 is 13.9 Å². The highest BCUT2D eigenvalue weighted by molar-refractivity contribution is 5.77. The average molecular weight is 259 g/mol. The van der Waals surface area contributed by atoms with Crippen LogP contribution in [-0.2, 0) is 11.3 Å². The summed E-state index contributed by atoms with van der Waals surface area (Å²) in [5, 5.41) is 2.70. The first-order chi connectivity index (χ1) is 9.24. The number of rotatable bonds is 5. The fourth-order valence-corrected chi connectivity index (χ4v) is 1.52. The van der Waals surface area contributed by atoms with Crippen molar-refractivity contribution in [2.75, 3.05) is 6.61 Å². The number of benzene rings is 2. The number of para-hydroxylation sites is 1. The lowest BCUT2D eigenvalue weighted by molar-refractivity contribution is -0.123. The number of hydrogen-bond donors (Lipinski definition) is 1. The number of carbonyl (C=O) groups excluding carboxylic acids is 1. The molecule has 0 atom stereocenters. The second-order valence-electron chi connectivity index (χ2n) is 4.00. The molecule has 0 radical (unpaired) electrons. The summed E-state index contributed by atoms with van der Waals surface area (Å²) in [4.78, 5) is 11.5. The molecule has 0 saturated heterocycles. The summed E-state index contributed by atoms with van der Waals surface area (Å²) >= 11 is 0. The van der Waals surface area contributed by atoms with Crippen molar-refractivity contribution in [3.05, 3.63) is 66.0 Å². The smallest absolute Gasteiger partial charge is 0.258 e. The topological polar surface area (TPSA) is 38.3 Å². The molecule has 1 amide bonds. The minimum atomic E-state index is -0.289. The van der Waals surface area contributed by atoms with Gasteiger partial charge >= 0.3 is 0 Å². The van der Waals surface area contributed by atoms with Gasteiger partial charge in [-0.1, -0.05) is 30.3 Å². The van der Waals surface area contributed by atoms with Crippen molar-refractivity contribution in [2.24, 2.45) is 0 Å². The Balaban J connectivity index is 1.74. The van der Waals surface area contributed by atoms with Gasteiger partial charge < -0.3 is 10.1 Å². The van der Waals surface area contributed by atoms with E-state index < -0.39 is 0 Å². The largest absolute Gasteiger partial charge is 0.484 e. The summed E-state index contributed by atoms with van der Waals surface area (Å²) in [5.74, 6) is 0.148. The van der Waals surface area contributed by atoms with E-state index in [1.165, 1.54) is 12.1 Å². The maximum atomic E-state index is 12.7. The van der Waals surface area contributed by atoms with Gasteiger partial charge in [0.1, 0.15) is 11.6 Å². The molecular formula is C15H14FNO2. The highest BCUT2D eigenvalue weighted by Crippen LogP contribution is 2.07. The van der Waals surface area contributed by atoms with Gasteiger partial charge in [-0.05, 0) is 29.8 Å². The zero-order valence-electron chi connectivity index (χ0n) is 10.3. The van der Waals surface area contributed by atoms with Crippen LogP contribution in [0.2, 0.25) is 0 Å². The number of halogens is 1. The molecule has 4 heteroatoms. The third-order valence-corrected chi connectivity index (χ3v) is 2.52. The van der Waals surface area contributed by atoms with Crippen LogP contribution in [0.15, 0.2) is 54.6 Å². The van der Waals surface area contributed by atoms with Crippen LogP contribution in [0.25, 0.3) is 0 Å². The maximum Gasteiger partial charge on any atom is 0.258 e. The lowest BCUT2D eigenvalue weighted by Crippen LogP contribution is -2.28. The lowest BCUT2D eigenvalue weighted by atomic mass is 10.2. The van der Waals surface area contributed by atoms with E-state index in [9.17, 15) is 9.18 Å². The van der Waals surface area contributed by atoms with E-state index in [1.807, 2.05) is 18.2 Å². The Labute approximate surface area is 111 Å². The Morgan fingerprint density at radius 2 is 1.74 bits per heavy atom. The van der Waals surface area contributed by atoms with Crippen LogP contribution in [0, 0.1) is 5.82 Å². The van der Waals surface area contributed by atoms with Crippen molar-refractivity contribution in [3.63, 3.8) is 0 Å². The number of nitrogens with one attached hydrogen (secondary N) is 1. The highest BCUT2D eigenvalue weighted by Gasteiger charge is 2.02. The third-order valence-electron chi connectivity index (χ3n) is 2.52. The first kappa shape index (κ1) is 13.1. The van der Waals surface area contributed by atoms with Gasteiger partial charge in [-0.2, -0.15) is 0 Å². The molecule has 0 bridgehead atoms. The van der Waals surface area contributed by atoms with Gasteiger partial charge in [-0.15, -0.1) is 0 Å². The molecule has 19 heavy (non-hydrogen) atoms. The van der Waals surface area contributed by atoms with Crippen LogP contribution in [0.5, 0.6) is 5.75 Å². The molecule has 1 N–H and O–H groups in total. The fourth-order valence-electron chi connectivity index (χ4n) is 1.52. The molecule has 98 valence electrons. The van der Waals surface area contributed by atoms with Crippen LogP contribution in [0.3, 0.4) is 0 Å². The minimum absolute atomic E-state index is 0.0365. The fraction of sp³-hybridized carbons (Fsp3) is 0.133. The van der Waals surface area contributed by atoms with Crippen LogP contribution >= 0.6 is 0 Å². The molecule has 0 spiro atoms. The monoisotopic (exact) mass is 259 g/mol. The second-order valence-corrected chi connectivity index (χ2v) is 4.00. The summed E-state index contributed by atoms with van der Waals surface area (Å²) in [6, 6.07) is 15.1. The Morgan fingerprint density at radius 3 is 2.42 bits per heavy atom. The molecule has 0 unspecified atom stereocenters. The van der Waals surface area contributed by atoms with Gasteiger partial charge in [0.05, 0.1) is 0 Å². The van der Waals surface area contributed by atoms with Crippen molar-refractivity contribution in [2.45, 2.75) is 6.54 Å². The standard InChI is InChI=1S/C15H14FNO2/c16-13-8-6-12(7-9-13)10-17-15(18)11-19-14-4-2-1-3-5-14/h1-9H,10-11H2,(H,17,18). The van der Waals surface area contributed by atoms with Crippen LogP contribution in [0.4, 0.5) is 4.39 Å². The molecule has 0 aliphatic heterocycles. The molecule has 0 fully saturated rings. The lowest BCUT2D eigenvalue weighted by Gasteiger charge is -2.07. The van der Waals surface area contributed by atoms with E-state index in [0.29, 0.717) is 12.3 Å². The van der Waals surface area contributed by atoms with E-state index in [2.05, 4.69) is 5.32 Å². The van der Waals surface area contributed by atoms with E-state index in [-0.39, 0.29) is 18.3 Å². The average Bonchev–Trinajstić information content (AvgIpc) is 2.45. The van der Waals surface area contributed by atoms with Gasteiger partial charge in [-0.3, -0.25) is 4.79 Å². The third kappa shape index (κ3) is 4.43.